The van der Waals surface area contributed by atoms with Gasteiger partial charge < -0.3 is 5.32 Å². The largest absolute Gasteiger partial charge is 0.318 e. The second-order valence-electron chi connectivity index (χ2n) is 4.13. The zero-order chi connectivity index (χ0) is 12.2. The second kappa shape index (κ2) is 6.23. The Morgan fingerprint density at radius 1 is 1.56 bits per heavy atom. The molecule has 0 aromatic heterocycles. The van der Waals surface area contributed by atoms with E-state index in [1.807, 2.05) is 7.05 Å². The van der Waals surface area contributed by atoms with Gasteiger partial charge in [-0.1, -0.05) is 6.92 Å². The lowest BCUT2D eigenvalue weighted by Gasteiger charge is -2.38. The fourth-order valence-corrected chi connectivity index (χ4v) is 5.14. The minimum absolute atomic E-state index is 0.237. The first kappa shape index (κ1) is 14.3. The first-order valence-corrected chi connectivity index (χ1v) is 8.59. The molecular weight excluding hydrogens is 244 g/mol. The van der Waals surface area contributed by atoms with E-state index < -0.39 is 9.84 Å². The van der Waals surface area contributed by atoms with E-state index in [-0.39, 0.29) is 17.2 Å². The lowest BCUT2D eigenvalue weighted by atomic mass is 10.3. The number of thioether (sulfide) groups is 1. The summed E-state index contributed by atoms with van der Waals surface area (Å²) < 4.78 is 24.0. The maximum absolute atomic E-state index is 12.0. The molecule has 0 amide bonds. The molecule has 96 valence electrons. The summed E-state index contributed by atoms with van der Waals surface area (Å²) in [6.07, 6.45) is 0. The molecule has 0 aromatic rings. The van der Waals surface area contributed by atoms with Gasteiger partial charge in [0.05, 0.1) is 0 Å². The summed E-state index contributed by atoms with van der Waals surface area (Å²) in [5.74, 6) is 1.98. The van der Waals surface area contributed by atoms with E-state index in [0.29, 0.717) is 5.75 Å². The minimum atomic E-state index is -2.96. The molecule has 6 heteroatoms. The van der Waals surface area contributed by atoms with Crippen LogP contribution in [0.25, 0.3) is 0 Å². The van der Waals surface area contributed by atoms with Crippen LogP contribution in [0, 0.1) is 0 Å². The SMILES string of the molecule is CCS(=O)(=O)C1CSCCN1C(C)CNC. The smallest absolute Gasteiger partial charge is 0.166 e. The zero-order valence-electron chi connectivity index (χ0n) is 10.3. The van der Waals surface area contributed by atoms with Gasteiger partial charge in [0, 0.05) is 36.4 Å². The average molecular weight is 266 g/mol. The predicted molar refractivity (Wildman–Crippen MR) is 70.7 cm³/mol. The Morgan fingerprint density at radius 2 is 2.25 bits per heavy atom. The number of hydrogen-bond donors (Lipinski definition) is 1. The summed E-state index contributed by atoms with van der Waals surface area (Å²) in [4.78, 5) is 2.13. The fourth-order valence-electron chi connectivity index (χ4n) is 2.01. The van der Waals surface area contributed by atoms with E-state index in [4.69, 9.17) is 0 Å². The quantitative estimate of drug-likeness (QED) is 0.781. The second-order valence-corrected chi connectivity index (χ2v) is 7.72. The molecule has 1 aliphatic heterocycles. The van der Waals surface area contributed by atoms with Gasteiger partial charge in [-0.05, 0) is 14.0 Å². The molecule has 16 heavy (non-hydrogen) atoms. The van der Waals surface area contributed by atoms with E-state index in [2.05, 4.69) is 17.1 Å². The van der Waals surface area contributed by atoms with Crippen LogP contribution in [0.3, 0.4) is 0 Å². The molecular formula is C10H22N2O2S2. The predicted octanol–water partition coefficient (Wildman–Crippen LogP) is 0.404. The van der Waals surface area contributed by atoms with Crippen LogP contribution in [0.15, 0.2) is 0 Å². The van der Waals surface area contributed by atoms with Crippen molar-refractivity contribution < 1.29 is 8.42 Å². The van der Waals surface area contributed by atoms with Crippen LogP contribution in [-0.2, 0) is 9.84 Å². The van der Waals surface area contributed by atoms with Crippen molar-refractivity contribution in [2.75, 3.05) is 37.4 Å². The lowest BCUT2D eigenvalue weighted by Crippen LogP contribution is -2.53. The Kier molecular flexibility index (Phi) is 5.56. The number of likely N-dealkylation sites (N-methyl/N-ethyl adjacent to an activating group) is 1. The van der Waals surface area contributed by atoms with Crippen LogP contribution >= 0.6 is 11.8 Å². The normalized spacial score (nSPS) is 25.6. The molecule has 0 bridgehead atoms. The molecule has 0 spiro atoms. The van der Waals surface area contributed by atoms with Gasteiger partial charge in [-0.3, -0.25) is 4.90 Å². The number of hydrogen-bond acceptors (Lipinski definition) is 5. The van der Waals surface area contributed by atoms with Crippen molar-refractivity contribution in [2.24, 2.45) is 0 Å². The first-order valence-electron chi connectivity index (χ1n) is 5.72. The van der Waals surface area contributed by atoms with Crippen molar-refractivity contribution >= 4 is 21.6 Å². The molecule has 4 nitrogen and oxygen atoms in total. The molecule has 1 N–H and O–H groups in total. The maximum atomic E-state index is 12.0. The van der Waals surface area contributed by atoms with Gasteiger partial charge >= 0.3 is 0 Å². The van der Waals surface area contributed by atoms with E-state index in [0.717, 1.165) is 18.8 Å². The van der Waals surface area contributed by atoms with Gasteiger partial charge in [0.25, 0.3) is 0 Å². The third-order valence-electron chi connectivity index (χ3n) is 3.01. The highest BCUT2D eigenvalue weighted by Gasteiger charge is 2.34. The first-order chi connectivity index (χ1) is 7.53. The van der Waals surface area contributed by atoms with Crippen molar-refractivity contribution in [2.45, 2.75) is 25.3 Å². The summed E-state index contributed by atoms with van der Waals surface area (Å²) in [6, 6.07) is 0.275. The summed E-state index contributed by atoms with van der Waals surface area (Å²) in [5.41, 5.74) is 0. The zero-order valence-corrected chi connectivity index (χ0v) is 11.9. The molecule has 2 atom stereocenters. The van der Waals surface area contributed by atoms with Gasteiger partial charge in [0.1, 0.15) is 5.37 Å². The van der Waals surface area contributed by atoms with Crippen LogP contribution in [0.2, 0.25) is 0 Å². The molecule has 1 heterocycles. The van der Waals surface area contributed by atoms with Crippen molar-refractivity contribution in [3.8, 4) is 0 Å². The summed E-state index contributed by atoms with van der Waals surface area (Å²) >= 11 is 1.74. The molecule has 1 rings (SSSR count). The highest BCUT2D eigenvalue weighted by Crippen LogP contribution is 2.23. The topological polar surface area (TPSA) is 49.4 Å². The Labute approximate surface area is 103 Å². The molecule has 0 radical (unpaired) electrons. The number of nitrogens with one attached hydrogen (secondary N) is 1. The fraction of sp³-hybridized carbons (Fsp3) is 1.00. The van der Waals surface area contributed by atoms with Crippen LogP contribution in [-0.4, -0.2) is 62.1 Å². The van der Waals surface area contributed by atoms with Gasteiger partial charge in [0.15, 0.2) is 9.84 Å². The van der Waals surface area contributed by atoms with Crippen molar-refractivity contribution in [1.29, 1.82) is 0 Å². The standard InChI is InChI=1S/C10H22N2O2S2/c1-4-16(13,14)10-8-15-6-5-12(10)9(2)7-11-3/h9-11H,4-8H2,1-3H3. The molecule has 0 saturated carbocycles. The number of nitrogens with zero attached hydrogens (tertiary/aromatic N) is 1. The summed E-state index contributed by atoms with van der Waals surface area (Å²) in [7, 11) is -1.06. The van der Waals surface area contributed by atoms with Crippen LogP contribution < -0.4 is 5.32 Å². The van der Waals surface area contributed by atoms with Gasteiger partial charge in [-0.15, -0.1) is 0 Å². The molecule has 1 saturated heterocycles. The van der Waals surface area contributed by atoms with E-state index >= 15 is 0 Å². The Morgan fingerprint density at radius 3 is 2.81 bits per heavy atom. The van der Waals surface area contributed by atoms with E-state index in [1.165, 1.54) is 0 Å². The average Bonchev–Trinajstić information content (AvgIpc) is 2.29. The van der Waals surface area contributed by atoms with Crippen molar-refractivity contribution in [3.05, 3.63) is 0 Å². The van der Waals surface area contributed by atoms with Gasteiger partial charge in [0.2, 0.25) is 0 Å². The van der Waals surface area contributed by atoms with E-state index in [9.17, 15) is 8.42 Å². The number of sulfone groups is 1. The van der Waals surface area contributed by atoms with Crippen LogP contribution in [0.1, 0.15) is 13.8 Å². The summed E-state index contributed by atoms with van der Waals surface area (Å²) in [6.45, 7) is 5.53. The Balaban J connectivity index is 2.79. The van der Waals surface area contributed by atoms with Crippen LogP contribution in [0.4, 0.5) is 0 Å². The molecule has 0 aliphatic carbocycles. The van der Waals surface area contributed by atoms with Gasteiger partial charge in [-0.2, -0.15) is 11.8 Å². The third-order valence-corrected chi connectivity index (χ3v) is 6.31. The lowest BCUT2D eigenvalue weighted by molar-refractivity contribution is 0.202. The van der Waals surface area contributed by atoms with Crippen molar-refractivity contribution in [1.82, 2.24) is 10.2 Å². The highest BCUT2D eigenvalue weighted by atomic mass is 32.2. The molecule has 1 aliphatic rings. The Hall–Kier alpha value is 0.220. The number of rotatable bonds is 5. The van der Waals surface area contributed by atoms with Crippen molar-refractivity contribution in [3.63, 3.8) is 0 Å². The Bertz CT molecular complexity index is 306. The maximum Gasteiger partial charge on any atom is 0.166 e. The minimum Gasteiger partial charge on any atom is -0.318 e. The third kappa shape index (κ3) is 3.35. The molecule has 0 aromatic carbocycles. The van der Waals surface area contributed by atoms with Gasteiger partial charge in [-0.25, -0.2) is 8.42 Å². The van der Waals surface area contributed by atoms with Crippen LogP contribution in [0.5, 0.6) is 0 Å². The highest BCUT2D eigenvalue weighted by molar-refractivity contribution is 8.01. The monoisotopic (exact) mass is 266 g/mol. The molecule has 2 unspecified atom stereocenters. The molecule has 1 fully saturated rings. The summed E-state index contributed by atoms with van der Waals surface area (Å²) in [5, 5.41) is 2.82. The van der Waals surface area contributed by atoms with E-state index in [1.54, 1.807) is 18.7 Å².